The van der Waals surface area contributed by atoms with E-state index >= 15 is 0 Å². The zero-order valence-corrected chi connectivity index (χ0v) is 13.8. The Bertz CT molecular complexity index is 707. The second-order valence-corrected chi connectivity index (χ2v) is 6.19. The number of hydrogen-bond donors (Lipinski definition) is 1. The molecule has 3 rings (SSSR count). The minimum Gasteiger partial charge on any atom is -0.481 e. The minimum atomic E-state index is 0.0163. The molecule has 122 valence electrons. The number of nitrogens with zero attached hydrogens (tertiary/aromatic N) is 2. The lowest BCUT2D eigenvalue weighted by Crippen LogP contribution is -2.34. The van der Waals surface area contributed by atoms with Crippen molar-refractivity contribution in [2.45, 2.75) is 6.42 Å². The first kappa shape index (κ1) is 16.0. The Hall–Kier alpha value is -1.85. The highest BCUT2D eigenvalue weighted by Gasteiger charge is 2.25. The van der Waals surface area contributed by atoms with E-state index < -0.39 is 0 Å². The monoisotopic (exact) mass is 333 g/mol. The van der Waals surface area contributed by atoms with Crippen LogP contribution >= 0.6 is 11.6 Å². The summed E-state index contributed by atoms with van der Waals surface area (Å²) in [7, 11) is 1.94. The van der Waals surface area contributed by atoms with E-state index in [4.69, 9.17) is 16.3 Å². The van der Waals surface area contributed by atoms with Gasteiger partial charge in [0.25, 0.3) is 5.91 Å². The van der Waals surface area contributed by atoms with E-state index in [0.29, 0.717) is 22.2 Å². The third-order valence-electron chi connectivity index (χ3n) is 4.16. The fourth-order valence-corrected chi connectivity index (χ4v) is 3.19. The normalized spacial score (nSPS) is 17.7. The number of nitrogens with one attached hydrogen (secondary N) is 1. The van der Waals surface area contributed by atoms with Crippen molar-refractivity contribution in [3.8, 4) is 5.75 Å². The molecule has 0 spiro atoms. The summed E-state index contributed by atoms with van der Waals surface area (Å²) in [6.07, 6.45) is 2.73. The molecule has 1 fully saturated rings. The van der Waals surface area contributed by atoms with Crippen LogP contribution in [0.25, 0.3) is 10.9 Å². The number of hydrogen-bond acceptors (Lipinski definition) is 4. The van der Waals surface area contributed by atoms with Crippen molar-refractivity contribution in [1.82, 2.24) is 15.2 Å². The summed E-state index contributed by atoms with van der Waals surface area (Å²) in [5.41, 5.74) is 0.683. The Labute approximate surface area is 140 Å². The van der Waals surface area contributed by atoms with Crippen LogP contribution in [0.1, 0.15) is 6.42 Å². The zero-order valence-electron chi connectivity index (χ0n) is 13.1. The van der Waals surface area contributed by atoms with Crippen molar-refractivity contribution in [1.29, 1.82) is 0 Å². The van der Waals surface area contributed by atoms with Crippen LogP contribution in [0.4, 0.5) is 0 Å². The van der Waals surface area contributed by atoms with Crippen LogP contribution in [-0.2, 0) is 4.79 Å². The first-order valence-corrected chi connectivity index (χ1v) is 8.15. The zero-order chi connectivity index (χ0) is 16.2. The number of carbonyl (C=O) groups is 1. The Morgan fingerprint density at radius 2 is 2.35 bits per heavy atom. The third-order valence-corrected chi connectivity index (χ3v) is 4.49. The van der Waals surface area contributed by atoms with E-state index in [1.807, 2.05) is 24.1 Å². The van der Waals surface area contributed by atoms with Crippen LogP contribution in [0.15, 0.2) is 30.5 Å². The van der Waals surface area contributed by atoms with Gasteiger partial charge in [-0.1, -0.05) is 11.6 Å². The van der Waals surface area contributed by atoms with E-state index in [-0.39, 0.29) is 12.5 Å². The average molecular weight is 334 g/mol. The highest BCUT2D eigenvalue weighted by atomic mass is 35.5. The molecule has 23 heavy (non-hydrogen) atoms. The van der Waals surface area contributed by atoms with Crippen molar-refractivity contribution in [2.24, 2.45) is 5.92 Å². The van der Waals surface area contributed by atoms with Gasteiger partial charge in [0.05, 0.1) is 5.02 Å². The number of ether oxygens (including phenoxy) is 1. The second-order valence-electron chi connectivity index (χ2n) is 5.79. The molecule has 1 saturated heterocycles. The van der Waals surface area contributed by atoms with Gasteiger partial charge in [-0.15, -0.1) is 0 Å². The van der Waals surface area contributed by atoms with Crippen molar-refractivity contribution in [3.05, 3.63) is 35.5 Å². The Morgan fingerprint density at radius 3 is 3.17 bits per heavy atom. The van der Waals surface area contributed by atoms with Gasteiger partial charge in [-0.25, -0.2) is 0 Å². The molecule has 1 aliphatic rings. The molecule has 0 bridgehead atoms. The maximum atomic E-state index is 12.3. The summed E-state index contributed by atoms with van der Waals surface area (Å²) in [5, 5.41) is 4.62. The summed E-state index contributed by atoms with van der Waals surface area (Å²) in [6.45, 7) is 2.56. The standard InChI is InChI=1S/C17H20ClN3O2/c1-19-9-12-6-8-21(10-12)16(22)11-23-15-5-4-14(18)13-3-2-7-20-17(13)15/h2-5,7,12,19H,6,8-11H2,1H3/t12-/m1/s1. The number of likely N-dealkylation sites (tertiary alicyclic amines) is 1. The molecule has 1 aromatic carbocycles. The predicted molar refractivity (Wildman–Crippen MR) is 90.9 cm³/mol. The van der Waals surface area contributed by atoms with E-state index in [1.165, 1.54) is 0 Å². The number of halogens is 1. The molecular weight excluding hydrogens is 314 g/mol. The molecule has 0 unspecified atom stereocenters. The molecule has 1 aromatic heterocycles. The van der Waals surface area contributed by atoms with Crippen LogP contribution in [0.3, 0.4) is 0 Å². The molecule has 0 saturated carbocycles. The SMILES string of the molecule is CNC[C@H]1CCN(C(=O)COc2ccc(Cl)c3cccnc23)C1. The maximum absolute atomic E-state index is 12.3. The van der Waals surface area contributed by atoms with Gasteiger partial charge in [-0.05, 0) is 50.2 Å². The van der Waals surface area contributed by atoms with Gasteiger partial charge in [0, 0.05) is 24.7 Å². The van der Waals surface area contributed by atoms with Gasteiger partial charge >= 0.3 is 0 Å². The number of amides is 1. The first-order valence-electron chi connectivity index (χ1n) is 7.77. The average Bonchev–Trinajstić information content (AvgIpc) is 3.03. The van der Waals surface area contributed by atoms with Crippen LogP contribution in [0.2, 0.25) is 5.02 Å². The minimum absolute atomic E-state index is 0.0163. The molecule has 1 aliphatic heterocycles. The number of pyridine rings is 1. The van der Waals surface area contributed by atoms with E-state index in [0.717, 1.165) is 31.4 Å². The number of fused-ring (bicyclic) bond motifs is 1. The molecule has 2 aromatic rings. The summed E-state index contributed by atoms with van der Waals surface area (Å²) < 4.78 is 5.72. The lowest BCUT2D eigenvalue weighted by molar-refractivity contribution is -0.132. The Balaban J connectivity index is 1.65. The summed E-state index contributed by atoms with van der Waals surface area (Å²) in [5.74, 6) is 1.13. The van der Waals surface area contributed by atoms with E-state index in [9.17, 15) is 4.79 Å². The van der Waals surface area contributed by atoms with Crippen molar-refractivity contribution in [3.63, 3.8) is 0 Å². The summed E-state index contributed by atoms with van der Waals surface area (Å²) >= 11 is 6.16. The summed E-state index contributed by atoms with van der Waals surface area (Å²) in [6, 6.07) is 7.25. The second kappa shape index (κ2) is 7.15. The molecule has 5 nitrogen and oxygen atoms in total. The summed E-state index contributed by atoms with van der Waals surface area (Å²) in [4.78, 5) is 18.5. The van der Waals surface area contributed by atoms with Gasteiger partial charge in [-0.2, -0.15) is 0 Å². The lowest BCUT2D eigenvalue weighted by atomic mass is 10.1. The largest absolute Gasteiger partial charge is 0.481 e. The van der Waals surface area contributed by atoms with Gasteiger partial charge in [0.1, 0.15) is 11.3 Å². The Morgan fingerprint density at radius 1 is 1.48 bits per heavy atom. The predicted octanol–water partition coefficient (Wildman–Crippen LogP) is 2.33. The lowest BCUT2D eigenvalue weighted by Gasteiger charge is -2.17. The molecule has 1 N–H and O–H groups in total. The van der Waals surface area contributed by atoms with Gasteiger partial charge in [0.15, 0.2) is 6.61 Å². The highest BCUT2D eigenvalue weighted by molar-refractivity contribution is 6.35. The first-order chi connectivity index (χ1) is 11.2. The molecule has 1 amide bonds. The van der Waals surface area contributed by atoms with Gasteiger partial charge in [0.2, 0.25) is 0 Å². The quantitative estimate of drug-likeness (QED) is 0.912. The Kier molecular flexibility index (Phi) is 4.98. The fourth-order valence-electron chi connectivity index (χ4n) is 2.97. The van der Waals surface area contributed by atoms with Crippen LogP contribution in [0, 0.1) is 5.92 Å². The fraction of sp³-hybridized carbons (Fsp3) is 0.412. The van der Waals surface area contributed by atoms with Crippen molar-refractivity contribution < 1.29 is 9.53 Å². The van der Waals surface area contributed by atoms with E-state index in [2.05, 4.69) is 10.3 Å². The molecular formula is C17H20ClN3O2. The smallest absolute Gasteiger partial charge is 0.260 e. The maximum Gasteiger partial charge on any atom is 0.260 e. The van der Waals surface area contributed by atoms with Crippen molar-refractivity contribution >= 4 is 28.4 Å². The van der Waals surface area contributed by atoms with Crippen LogP contribution in [-0.4, -0.2) is 49.1 Å². The molecule has 1 atom stereocenters. The van der Waals surface area contributed by atoms with Gasteiger partial charge in [-0.3, -0.25) is 9.78 Å². The van der Waals surface area contributed by atoms with E-state index in [1.54, 1.807) is 18.3 Å². The third kappa shape index (κ3) is 3.57. The van der Waals surface area contributed by atoms with Crippen LogP contribution in [0.5, 0.6) is 5.75 Å². The number of rotatable bonds is 5. The molecule has 6 heteroatoms. The van der Waals surface area contributed by atoms with Gasteiger partial charge < -0.3 is 15.0 Å². The van der Waals surface area contributed by atoms with Crippen LogP contribution < -0.4 is 10.1 Å². The molecule has 0 aliphatic carbocycles. The number of aromatic nitrogens is 1. The molecule has 0 radical (unpaired) electrons. The highest BCUT2D eigenvalue weighted by Crippen LogP contribution is 2.29. The molecule has 2 heterocycles. The van der Waals surface area contributed by atoms with Crippen molar-refractivity contribution in [2.75, 3.05) is 33.3 Å². The number of carbonyl (C=O) groups excluding carboxylic acids is 1. The topological polar surface area (TPSA) is 54.5 Å². The number of benzene rings is 1.